The highest BCUT2D eigenvalue weighted by atomic mass is 16.5. The molecule has 0 saturated carbocycles. The lowest BCUT2D eigenvalue weighted by atomic mass is 9.99. The van der Waals surface area contributed by atoms with E-state index in [-0.39, 0.29) is 0 Å². The van der Waals surface area contributed by atoms with E-state index in [1.165, 1.54) is 16.3 Å². The molecular formula is C20H22O2. The minimum absolute atomic E-state index is 0.329. The fourth-order valence-electron chi connectivity index (χ4n) is 2.74. The summed E-state index contributed by atoms with van der Waals surface area (Å²) in [4.78, 5) is 0. The van der Waals surface area contributed by atoms with E-state index in [1.54, 1.807) is 0 Å². The van der Waals surface area contributed by atoms with Crippen molar-refractivity contribution in [3.63, 3.8) is 0 Å². The number of ether oxygens (including phenoxy) is 1. The van der Waals surface area contributed by atoms with Crippen LogP contribution in [0.2, 0.25) is 0 Å². The number of fused-ring (bicyclic) bond motifs is 2. The summed E-state index contributed by atoms with van der Waals surface area (Å²) in [7, 11) is 0. The van der Waals surface area contributed by atoms with E-state index in [0.29, 0.717) is 13.0 Å². The van der Waals surface area contributed by atoms with Crippen LogP contribution in [0.25, 0.3) is 21.5 Å². The molecule has 1 N–H and O–H groups in total. The zero-order valence-corrected chi connectivity index (χ0v) is 13.2. The first-order valence-electron chi connectivity index (χ1n) is 7.98. The lowest BCUT2D eigenvalue weighted by Crippen LogP contribution is -2.16. The van der Waals surface area contributed by atoms with Crippen molar-refractivity contribution in [2.24, 2.45) is 0 Å². The molecule has 0 spiro atoms. The Morgan fingerprint density at radius 1 is 0.955 bits per heavy atom. The summed E-state index contributed by atoms with van der Waals surface area (Å²) in [6, 6.07) is 17.0. The Morgan fingerprint density at radius 2 is 1.73 bits per heavy atom. The number of aliphatic hydroxyl groups excluding tert-OH is 1. The molecule has 1 atom stereocenters. The molecule has 3 rings (SSSR count). The first kappa shape index (κ1) is 14.9. The fourth-order valence-corrected chi connectivity index (χ4v) is 2.74. The number of aryl methyl sites for hydroxylation is 1. The van der Waals surface area contributed by atoms with Gasteiger partial charge in [0, 0.05) is 10.8 Å². The second-order valence-electron chi connectivity index (χ2n) is 5.71. The standard InChI is InChI=1S/C20H22O2/c1-3-14-9-10-16-12-15-7-5-6-8-18(15)20(19(16)11-14)22-13-17(21)4-2/h5-12,17,21H,3-4,13H2,1-2H3. The Kier molecular flexibility index (Phi) is 4.30. The maximum atomic E-state index is 9.84. The molecule has 1 unspecified atom stereocenters. The second kappa shape index (κ2) is 6.37. The third-order valence-electron chi connectivity index (χ3n) is 4.18. The highest BCUT2D eigenvalue weighted by Gasteiger charge is 2.11. The second-order valence-corrected chi connectivity index (χ2v) is 5.71. The van der Waals surface area contributed by atoms with Gasteiger partial charge in [-0.2, -0.15) is 0 Å². The van der Waals surface area contributed by atoms with E-state index in [2.05, 4.69) is 43.3 Å². The lowest BCUT2D eigenvalue weighted by molar-refractivity contribution is 0.106. The van der Waals surface area contributed by atoms with Crippen LogP contribution in [0.4, 0.5) is 0 Å². The topological polar surface area (TPSA) is 29.5 Å². The van der Waals surface area contributed by atoms with Crippen LogP contribution in [0.1, 0.15) is 25.8 Å². The number of rotatable bonds is 5. The van der Waals surface area contributed by atoms with E-state index in [0.717, 1.165) is 22.9 Å². The third kappa shape index (κ3) is 2.79. The summed E-state index contributed by atoms with van der Waals surface area (Å²) in [5.41, 5.74) is 1.30. The summed E-state index contributed by atoms with van der Waals surface area (Å²) < 4.78 is 6.03. The molecule has 0 fully saturated rings. The zero-order valence-electron chi connectivity index (χ0n) is 13.2. The van der Waals surface area contributed by atoms with Crippen molar-refractivity contribution in [1.82, 2.24) is 0 Å². The maximum absolute atomic E-state index is 9.84. The van der Waals surface area contributed by atoms with Gasteiger partial charge in [-0.1, -0.05) is 50.2 Å². The van der Waals surface area contributed by atoms with Gasteiger partial charge >= 0.3 is 0 Å². The Balaban J connectivity index is 2.20. The van der Waals surface area contributed by atoms with Crippen LogP contribution in [-0.2, 0) is 6.42 Å². The first-order chi connectivity index (χ1) is 10.7. The zero-order chi connectivity index (χ0) is 15.5. The van der Waals surface area contributed by atoms with Gasteiger partial charge in [-0.05, 0) is 41.3 Å². The van der Waals surface area contributed by atoms with Crippen LogP contribution >= 0.6 is 0 Å². The Hall–Kier alpha value is -2.06. The third-order valence-corrected chi connectivity index (χ3v) is 4.18. The lowest BCUT2D eigenvalue weighted by Gasteiger charge is -2.16. The first-order valence-corrected chi connectivity index (χ1v) is 7.98. The van der Waals surface area contributed by atoms with E-state index in [1.807, 2.05) is 19.1 Å². The van der Waals surface area contributed by atoms with Gasteiger partial charge in [-0.15, -0.1) is 0 Å². The number of hydrogen-bond acceptors (Lipinski definition) is 2. The highest BCUT2D eigenvalue weighted by Crippen LogP contribution is 2.35. The molecular weight excluding hydrogens is 272 g/mol. The monoisotopic (exact) mass is 294 g/mol. The number of benzene rings is 3. The van der Waals surface area contributed by atoms with Gasteiger partial charge in [-0.25, -0.2) is 0 Å². The van der Waals surface area contributed by atoms with Crippen molar-refractivity contribution in [3.8, 4) is 5.75 Å². The van der Waals surface area contributed by atoms with Crippen molar-refractivity contribution in [2.75, 3.05) is 6.61 Å². The molecule has 0 aliphatic rings. The number of aliphatic hydroxyl groups is 1. The molecule has 0 radical (unpaired) electrons. The van der Waals surface area contributed by atoms with Crippen molar-refractivity contribution in [1.29, 1.82) is 0 Å². The van der Waals surface area contributed by atoms with Crippen molar-refractivity contribution >= 4 is 21.5 Å². The van der Waals surface area contributed by atoms with Gasteiger partial charge in [0.25, 0.3) is 0 Å². The normalized spacial score (nSPS) is 12.7. The van der Waals surface area contributed by atoms with Gasteiger partial charge in [-0.3, -0.25) is 0 Å². The molecule has 0 heterocycles. The molecule has 3 aromatic rings. The Labute approximate surface area is 131 Å². The summed E-state index contributed by atoms with van der Waals surface area (Å²) in [6.45, 7) is 4.45. The average molecular weight is 294 g/mol. The molecule has 3 aromatic carbocycles. The van der Waals surface area contributed by atoms with Crippen LogP contribution < -0.4 is 4.74 Å². The van der Waals surface area contributed by atoms with Crippen LogP contribution in [-0.4, -0.2) is 17.8 Å². The minimum Gasteiger partial charge on any atom is -0.490 e. The van der Waals surface area contributed by atoms with Gasteiger partial charge in [0.15, 0.2) is 0 Å². The molecule has 2 heteroatoms. The largest absolute Gasteiger partial charge is 0.490 e. The van der Waals surface area contributed by atoms with E-state index >= 15 is 0 Å². The molecule has 0 amide bonds. The van der Waals surface area contributed by atoms with Crippen molar-refractivity contribution < 1.29 is 9.84 Å². The molecule has 0 bridgehead atoms. The van der Waals surface area contributed by atoms with Gasteiger partial charge in [0.2, 0.25) is 0 Å². The van der Waals surface area contributed by atoms with Crippen LogP contribution in [0, 0.1) is 0 Å². The summed E-state index contributed by atoms with van der Waals surface area (Å²) in [5, 5.41) is 14.4. The van der Waals surface area contributed by atoms with Gasteiger partial charge < -0.3 is 9.84 Å². The van der Waals surface area contributed by atoms with E-state index < -0.39 is 6.10 Å². The van der Waals surface area contributed by atoms with Crippen LogP contribution in [0.3, 0.4) is 0 Å². The quantitative estimate of drug-likeness (QED) is 0.691. The molecule has 0 aliphatic heterocycles. The Bertz CT molecular complexity index is 792. The SMILES string of the molecule is CCc1ccc2cc3ccccc3c(OCC(O)CC)c2c1. The molecule has 0 aromatic heterocycles. The average Bonchev–Trinajstić information content (AvgIpc) is 2.57. The molecule has 114 valence electrons. The van der Waals surface area contributed by atoms with Crippen LogP contribution in [0.15, 0.2) is 48.5 Å². The summed E-state index contributed by atoms with van der Waals surface area (Å²) >= 11 is 0. The van der Waals surface area contributed by atoms with Gasteiger partial charge in [0.1, 0.15) is 12.4 Å². The van der Waals surface area contributed by atoms with E-state index in [4.69, 9.17) is 4.74 Å². The highest BCUT2D eigenvalue weighted by molar-refractivity contribution is 6.05. The maximum Gasteiger partial charge on any atom is 0.135 e. The van der Waals surface area contributed by atoms with Gasteiger partial charge in [0.05, 0.1) is 6.10 Å². The molecule has 0 saturated heterocycles. The van der Waals surface area contributed by atoms with Crippen molar-refractivity contribution in [2.45, 2.75) is 32.8 Å². The summed E-state index contributed by atoms with van der Waals surface area (Å²) in [5.74, 6) is 0.885. The smallest absolute Gasteiger partial charge is 0.135 e. The molecule has 0 aliphatic carbocycles. The molecule has 2 nitrogen and oxygen atoms in total. The summed E-state index contributed by atoms with van der Waals surface area (Å²) in [6.07, 6.45) is 1.27. The minimum atomic E-state index is -0.427. The predicted molar refractivity (Wildman–Crippen MR) is 92.6 cm³/mol. The van der Waals surface area contributed by atoms with Crippen LogP contribution in [0.5, 0.6) is 5.75 Å². The Morgan fingerprint density at radius 3 is 2.50 bits per heavy atom. The molecule has 22 heavy (non-hydrogen) atoms. The predicted octanol–water partition coefficient (Wildman–Crippen LogP) is 4.71. The fraction of sp³-hybridized carbons (Fsp3) is 0.300. The van der Waals surface area contributed by atoms with Crippen molar-refractivity contribution in [3.05, 3.63) is 54.1 Å². The van der Waals surface area contributed by atoms with E-state index in [9.17, 15) is 5.11 Å². The number of hydrogen-bond donors (Lipinski definition) is 1.